The topological polar surface area (TPSA) is 105 Å². The van der Waals surface area contributed by atoms with Gasteiger partial charge in [0.05, 0.1) is 0 Å². The first-order chi connectivity index (χ1) is 14.3. The van der Waals surface area contributed by atoms with Gasteiger partial charge in [0.2, 0.25) is 5.91 Å². The van der Waals surface area contributed by atoms with E-state index in [1.807, 2.05) is 48.5 Å². The first-order valence-electron chi connectivity index (χ1n) is 9.94. The van der Waals surface area contributed by atoms with Crippen molar-refractivity contribution in [3.63, 3.8) is 0 Å². The molecular weight excluding hydrogens is 384 g/mol. The molecule has 7 heteroatoms. The maximum Gasteiger partial charge on any atom is 0.407 e. The second kappa shape index (κ2) is 8.98. The molecule has 30 heavy (non-hydrogen) atoms. The Morgan fingerprint density at radius 3 is 1.97 bits per heavy atom. The Labute approximate surface area is 175 Å². The smallest absolute Gasteiger partial charge is 0.407 e. The number of ether oxygens (including phenoxy) is 1. The highest BCUT2D eigenvalue weighted by Gasteiger charge is 2.30. The van der Waals surface area contributed by atoms with Crippen molar-refractivity contribution in [2.45, 2.75) is 38.8 Å². The van der Waals surface area contributed by atoms with E-state index < -0.39 is 30.1 Å². The lowest BCUT2D eigenvalue weighted by molar-refractivity contribution is -0.143. The van der Waals surface area contributed by atoms with Crippen LogP contribution in [0.25, 0.3) is 11.1 Å². The summed E-state index contributed by atoms with van der Waals surface area (Å²) in [4.78, 5) is 35.7. The van der Waals surface area contributed by atoms with Crippen LogP contribution in [-0.2, 0) is 14.3 Å². The summed E-state index contributed by atoms with van der Waals surface area (Å²) in [6.45, 7) is 5.01. The molecule has 0 spiro atoms. The van der Waals surface area contributed by atoms with Crippen molar-refractivity contribution in [1.29, 1.82) is 0 Å². The van der Waals surface area contributed by atoms with Crippen molar-refractivity contribution in [2.24, 2.45) is 5.92 Å². The summed E-state index contributed by atoms with van der Waals surface area (Å²) in [5, 5.41) is 14.1. The lowest BCUT2D eigenvalue weighted by Gasteiger charge is -2.21. The number of carbonyl (C=O) groups excluding carboxylic acids is 2. The van der Waals surface area contributed by atoms with Gasteiger partial charge in [-0.05, 0) is 35.1 Å². The number of carboxylic acid groups (broad SMARTS) is 1. The maximum absolute atomic E-state index is 12.3. The van der Waals surface area contributed by atoms with E-state index >= 15 is 0 Å². The highest BCUT2D eigenvalue weighted by Crippen LogP contribution is 2.44. The summed E-state index contributed by atoms with van der Waals surface area (Å²) in [7, 11) is 0. The average Bonchev–Trinajstić information content (AvgIpc) is 3.03. The van der Waals surface area contributed by atoms with Crippen molar-refractivity contribution in [3.8, 4) is 11.1 Å². The molecule has 0 heterocycles. The molecule has 0 bridgehead atoms. The Morgan fingerprint density at radius 1 is 0.933 bits per heavy atom. The van der Waals surface area contributed by atoms with E-state index in [9.17, 15) is 19.5 Å². The molecule has 2 unspecified atom stereocenters. The number of fused-ring (bicyclic) bond motifs is 3. The molecule has 3 N–H and O–H groups in total. The molecular formula is C23H26N2O5. The molecule has 7 nitrogen and oxygen atoms in total. The summed E-state index contributed by atoms with van der Waals surface area (Å²) in [5.41, 5.74) is 4.45. The molecule has 2 aromatic carbocycles. The zero-order valence-corrected chi connectivity index (χ0v) is 17.2. The molecule has 2 atom stereocenters. The summed E-state index contributed by atoms with van der Waals surface area (Å²) in [5.74, 6) is -2.06. The fraction of sp³-hybridized carbons (Fsp3) is 0.348. The second-order valence-corrected chi connectivity index (χ2v) is 7.76. The molecule has 1 aliphatic carbocycles. The predicted octanol–water partition coefficient (Wildman–Crippen LogP) is 3.14. The third kappa shape index (κ3) is 4.45. The number of carbonyl (C=O) groups is 3. The summed E-state index contributed by atoms with van der Waals surface area (Å²) < 4.78 is 5.41. The van der Waals surface area contributed by atoms with Crippen LogP contribution in [0.2, 0.25) is 0 Å². The Balaban J connectivity index is 1.60. The largest absolute Gasteiger partial charge is 0.480 e. The Morgan fingerprint density at radius 2 is 1.47 bits per heavy atom. The fourth-order valence-corrected chi connectivity index (χ4v) is 3.67. The van der Waals surface area contributed by atoms with Gasteiger partial charge in [-0.2, -0.15) is 0 Å². The molecule has 0 fully saturated rings. The summed E-state index contributed by atoms with van der Waals surface area (Å²) >= 11 is 0. The molecule has 2 amide bonds. The van der Waals surface area contributed by atoms with E-state index in [2.05, 4.69) is 10.6 Å². The van der Waals surface area contributed by atoms with Gasteiger partial charge in [-0.1, -0.05) is 62.4 Å². The van der Waals surface area contributed by atoms with Crippen LogP contribution in [0.4, 0.5) is 4.79 Å². The number of rotatable bonds is 7. The first kappa shape index (κ1) is 21.4. The molecule has 0 saturated heterocycles. The van der Waals surface area contributed by atoms with E-state index in [1.54, 1.807) is 13.8 Å². The van der Waals surface area contributed by atoms with Crippen molar-refractivity contribution in [2.75, 3.05) is 6.61 Å². The predicted molar refractivity (Wildman–Crippen MR) is 112 cm³/mol. The summed E-state index contributed by atoms with van der Waals surface area (Å²) in [6.07, 6.45) is -0.726. The van der Waals surface area contributed by atoms with Crippen LogP contribution in [0.1, 0.15) is 37.8 Å². The zero-order valence-electron chi connectivity index (χ0n) is 17.2. The number of hydrogen-bond donors (Lipinski definition) is 3. The van der Waals surface area contributed by atoms with Crippen molar-refractivity contribution in [3.05, 3.63) is 59.7 Å². The monoisotopic (exact) mass is 410 g/mol. The molecule has 0 saturated carbocycles. The Bertz CT molecular complexity index is 911. The molecule has 1 aliphatic rings. The van der Waals surface area contributed by atoms with Crippen LogP contribution in [0, 0.1) is 5.92 Å². The standard InChI is InChI=1S/C23H26N2O5/c1-13(2)20(22(27)28)25-21(26)14(3)24-23(29)30-12-19-17-10-6-4-8-15(17)16-9-5-7-11-18(16)19/h4-11,13-14,19-20H,12H2,1-3H3,(H,24,29)(H,25,26)(H,27,28). The molecule has 158 valence electrons. The number of hydrogen-bond acceptors (Lipinski definition) is 4. The minimum absolute atomic E-state index is 0.0791. The van der Waals surface area contributed by atoms with Gasteiger partial charge in [0.25, 0.3) is 0 Å². The minimum Gasteiger partial charge on any atom is -0.480 e. The van der Waals surface area contributed by atoms with Gasteiger partial charge in [0, 0.05) is 5.92 Å². The SMILES string of the molecule is CC(NC(=O)OCC1c2ccccc2-c2ccccc21)C(=O)NC(C(=O)O)C(C)C. The van der Waals surface area contributed by atoms with Crippen LogP contribution < -0.4 is 10.6 Å². The van der Waals surface area contributed by atoms with Crippen LogP contribution in [-0.4, -0.2) is 41.8 Å². The zero-order chi connectivity index (χ0) is 21.8. The van der Waals surface area contributed by atoms with Gasteiger partial charge in [0.15, 0.2) is 0 Å². The van der Waals surface area contributed by atoms with Crippen LogP contribution >= 0.6 is 0 Å². The molecule has 0 aliphatic heterocycles. The number of alkyl carbamates (subject to hydrolysis) is 1. The van der Waals surface area contributed by atoms with Crippen molar-refractivity contribution in [1.82, 2.24) is 10.6 Å². The fourth-order valence-electron chi connectivity index (χ4n) is 3.67. The van der Waals surface area contributed by atoms with Gasteiger partial charge in [0.1, 0.15) is 18.7 Å². The third-order valence-corrected chi connectivity index (χ3v) is 5.30. The van der Waals surface area contributed by atoms with Gasteiger partial charge in [-0.3, -0.25) is 4.79 Å². The van der Waals surface area contributed by atoms with E-state index in [4.69, 9.17) is 4.74 Å². The van der Waals surface area contributed by atoms with Crippen molar-refractivity contribution < 1.29 is 24.2 Å². The highest BCUT2D eigenvalue weighted by atomic mass is 16.5. The normalized spacial score (nSPS) is 14.4. The van der Waals surface area contributed by atoms with Crippen LogP contribution in [0.3, 0.4) is 0 Å². The van der Waals surface area contributed by atoms with E-state index in [1.165, 1.54) is 6.92 Å². The van der Waals surface area contributed by atoms with Crippen molar-refractivity contribution >= 4 is 18.0 Å². The maximum atomic E-state index is 12.3. The van der Waals surface area contributed by atoms with E-state index in [-0.39, 0.29) is 18.4 Å². The number of nitrogens with one attached hydrogen (secondary N) is 2. The first-order valence-corrected chi connectivity index (χ1v) is 9.94. The number of aliphatic carboxylic acids is 1. The quantitative estimate of drug-likeness (QED) is 0.650. The summed E-state index contributed by atoms with van der Waals surface area (Å²) in [6, 6.07) is 14.1. The second-order valence-electron chi connectivity index (χ2n) is 7.76. The van der Waals surface area contributed by atoms with Crippen LogP contribution in [0.15, 0.2) is 48.5 Å². The third-order valence-electron chi connectivity index (χ3n) is 5.30. The lowest BCUT2D eigenvalue weighted by atomic mass is 9.98. The molecule has 0 aromatic heterocycles. The van der Waals surface area contributed by atoms with Crippen LogP contribution in [0.5, 0.6) is 0 Å². The average molecular weight is 410 g/mol. The van der Waals surface area contributed by atoms with Gasteiger partial charge < -0.3 is 20.5 Å². The Kier molecular flexibility index (Phi) is 6.40. The van der Waals surface area contributed by atoms with Gasteiger partial charge in [-0.15, -0.1) is 0 Å². The number of benzene rings is 2. The molecule has 0 radical (unpaired) electrons. The number of carboxylic acids is 1. The molecule has 2 aromatic rings. The lowest BCUT2D eigenvalue weighted by Crippen LogP contribution is -2.52. The molecule has 3 rings (SSSR count). The Hall–Kier alpha value is -3.35. The number of amides is 2. The van der Waals surface area contributed by atoms with E-state index in [0.717, 1.165) is 22.3 Å². The van der Waals surface area contributed by atoms with Gasteiger partial charge in [-0.25, -0.2) is 9.59 Å². The highest BCUT2D eigenvalue weighted by molar-refractivity contribution is 5.89. The van der Waals surface area contributed by atoms with E-state index in [0.29, 0.717) is 0 Å². The minimum atomic E-state index is -1.12. The van der Waals surface area contributed by atoms with Gasteiger partial charge >= 0.3 is 12.1 Å².